The standard InChI is InChI=1S/C15H21N3O/c1-11(2)7-17-8-13-9-18(10-14(13)17)15(19)12-3-5-16-6-4-12/h3-6,11,13-14H,7-10H2,1-2H3/t13-,14-/m1/s1. The fourth-order valence-corrected chi connectivity index (χ4v) is 3.27. The molecule has 4 nitrogen and oxygen atoms in total. The van der Waals surface area contributed by atoms with E-state index in [1.165, 1.54) is 0 Å². The van der Waals surface area contributed by atoms with Crippen molar-refractivity contribution in [2.24, 2.45) is 11.8 Å². The van der Waals surface area contributed by atoms with Crippen molar-refractivity contribution in [2.45, 2.75) is 19.9 Å². The summed E-state index contributed by atoms with van der Waals surface area (Å²) in [5.41, 5.74) is 0.756. The van der Waals surface area contributed by atoms with Gasteiger partial charge in [0.2, 0.25) is 0 Å². The number of nitrogens with zero attached hydrogens (tertiary/aromatic N) is 3. The van der Waals surface area contributed by atoms with Crippen LogP contribution in [0.1, 0.15) is 24.2 Å². The largest absolute Gasteiger partial charge is 0.337 e. The lowest BCUT2D eigenvalue weighted by molar-refractivity contribution is 0.0402. The molecule has 0 N–H and O–H groups in total. The van der Waals surface area contributed by atoms with E-state index in [1.807, 2.05) is 4.90 Å². The molecule has 4 heteroatoms. The number of rotatable bonds is 3. The summed E-state index contributed by atoms with van der Waals surface area (Å²) in [4.78, 5) is 20.9. The van der Waals surface area contributed by atoms with Gasteiger partial charge in [-0.15, -0.1) is 0 Å². The second-order valence-corrected chi connectivity index (χ2v) is 6.12. The number of hydrogen-bond acceptors (Lipinski definition) is 3. The van der Waals surface area contributed by atoms with Crippen molar-refractivity contribution in [1.82, 2.24) is 14.8 Å². The van der Waals surface area contributed by atoms with Crippen LogP contribution < -0.4 is 0 Å². The Morgan fingerprint density at radius 1 is 1.32 bits per heavy atom. The Balaban J connectivity index is 1.62. The number of carbonyl (C=O) groups excluding carboxylic acids is 1. The fraction of sp³-hybridized carbons (Fsp3) is 0.600. The van der Waals surface area contributed by atoms with Gasteiger partial charge in [-0.2, -0.15) is 0 Å². The maximum Gasteiger partial charge on any atom is 0.254 e. The molecule has 1 amide bonds. The molecule has 0 aromatic carbocycles. The molecule has 0 spiro atoms. The van der Waals surface area contributed by atoms with E-state index in [0.29, 0.717) is 17.9 Å². The first kappa shape index (κ1) is 12.6. The summed E-state index contributed by atoms with van der Waals surface area (Å²) < 4.78 is 0. The van der Waals surface area contributed by atoms with Crippen LogP contribution >= 0.6 is 0 Å². The van der Waals surface area contributed by atoms with Crippen LogP contribution in [0.25, 0.3) is 0 Å². The number of pyridine rings is 1. The van der Waals surface area contributed by atoms with Crippen LogP contribution in [0, 0.1) is 11.8 Å². The molecule has 0 saturated carbocycles. The van der Waals surface area contributed by atoms with E-state index in [2.05, 4.69) is 23.7 Å². The summed E-state index contributed by atoms with van der Waals surface area (Å²) in [5, 5.41) is 0. The average molecular weight is 259 g/mol. The van der Waals surface area contributed by atoms with E-state index in [9.17, 15) is 4.79 Å². The smallest absolute Gasteiger partial charge is 0.254 e. The maximum absolute atomic E-state index is 12.4. The lowest BCUT2D eigenvalue weighted by Gasteiger charge is -2.44. The highest BCUT2D eigenvalue weighted by Gasteiger charge is 2.46. The third kappa shape index (κ3) is 2.37. The third-order valence-electron chi connectivity index (χ3n) is 4.16. The highest BCUT2D eigenvalue weighted by atomic mass is 16.2. The van der Waals surface area contributed by atoms with Crippen molar-refractivity contribution in [2.75, 3.05) is 26.2 Å². The van der Waals surface area contributed by atoms with Crippen LogP contribution in [-0.4, -0.2) is 52.9 Å². The molecule has 2 aliphatic rings. The summed E-state index contributed by atoms with van der Waals surface area (Å²) in [6.45, 7) is 8.62. The van der Waals surface area contributed by atoms with Gasteiger partial charge < -0.3 is 4.90 Å². The second kappa shape index (κ2) is 4.93. The van der Waals surface area contributed by atoms with Crippen molar-refractivity contribution in [3.8, 4) is 0 Å². The van der Waals surface area contributed by atoms with Crippen LogP contribution in [0.2, 0.25) is 0 Å². The number of carbonyl (C=O) groups is 1. The number of aromatic nitrogens is 1. The monoisotopic (exact) mass is 259 g/mol. The summed E-state index contributed by atoms with van der Waals surface area (Å²) in [5.74, 6) is 1.54. The molecule has 1 aromatic rings. The SMILES string of the molecule is CC(C)CN1C[C@@H]2CN(C(=O)c3ccncc3)C[C@H]21. The summed E-state index contributed by atoms with van der Waals surface area (Å²) in [6, 6.07) is 4.19. The molecule has 0 radical (unpaired) electrons. The lowest BCUT2D eigenvalue weighted by Crippen LogP contribution is -2.56. The predicted octanol–water partition coefficient (Wildman–Crippen LogP) is 1.49. The molecule has 2 fully saturated rings. The lowest BCUT2D eigenvalue weighted by atomic mass is 9.91. The Labute approximate surface area is 114 Å². The molecule has 102 valence electrons. The number of likely N-dealkylation sites (tertiary alicyclic amines) is 2. The van der Waals surface area contributed by atoms with E-state index < -0.39 is 0 Å². The highest BCUT2D eigenvalue weighted by molar-refractivity contribution is 5.94. The molecular formula is C15H21N3O. The molecule has 1 aromatic heterocycles. The van der Waals surface area contributed by atoms with E-state index >= 15 is 0 Å². The minimum absolute atomic E-state index is 0.154. The Morgan fingerprint density at radius 2 is 2.05 bits per heavy atom. The van der Waals surface area contributed by atoms with Crippen molar-refractivity contribution < 1.29 is 4.79 Å². The Morgan fingerprint density at radius 3 is 2.74 bits per heavy atom. The van der Waals surface area contributed by atoms with Gasteiger partial charge in [0.15, 0.2) is 0 Å². The van der Waals surface area contributed by atoms with Crippen LogP contribution in [0.15, 0.2) is 24.5 Å². The fourth-order valence-electron chi connectivity index (χ4n) is 3.27. The zero-order valence-corrected chi connectivity index (χ0v) is 11.6. The van der Waals surface area contributed by atoms with Gasteiger partial charge in [-0.1, -0.05) is 13.8 Å². The first-order valence-electron chi connectivity index (χ1n) is 7.08. The molecule has 0 aliphatic carbocycles. The average Bonchev–Trinajstić information content (AvgIpc) is 2.74. The van der Waals surface area contributed by atoms with Crippen molar-refractivity contribution >= 4 is 5.91 Å². The molecule has 2 aliphatic heterocycles. The van der Waals surface area contributed by atoms with E-state index in [1.54, 1.807) is 24.5 Å². The van der Waals surface area contributed by atoms with Gasteiger partial charge in [-0.25, -0.2) is 0 Å². The topological polar surface area (TPSA) is 36.4 Å². The van der Waals surface area contributed by atoms with Crippen LogP contribution in [0.4, 0.5) is 0 Å². The highest BCUT2D eigenvalue weighted by Crippen LogP contribution is 2.33. The Bertz CT molecular complexity index is 460. The first-order chi connectivity index (χ1) is 9.15. The van der Waals surface area contributed by atoms with Gasteiger partial charge >= 0.3 is 0 Å². The predicted molar refractivity (Wildman–Crippen MR) is 73.8 cm³/mol. The number of amides is 1. The van der Waals surface area contributed by atoms with Gasteiger partial charge in [0.1, 0.15) is 0 Å². The van der Waals surface area contributed by atoms with Crippen molar-refractivity contribution in [3.05, 3.63) is 30.1 Å². The van der Waals surface area contributed by atoms with E-state index in [0.717, 1.165) is 31.7 Å². The molecule has 3 rings (SSSR count). The number of fused-ring (bicyclic) bond motifs is 1. The van der Waals surface area contributed by atoms with Gasteiger partial charge in [-0.05, 0) is 18.1 Å². The van der Waals surface area contributed by atoms with Gasteiger partial charge in [0.25, 0.3) is 5.91 Å². The van der Waals surface area contributed by atoms with Crippen LogP contribution in [0.3, 0.4) is 0 Å². The number of hydrogen-bond donors (Lipinski definition) is 0. The minimum Gasteiger partial charge on any atom is -0.337 e. The summed E-state index contributed by atoms with van der Waals surface area (Å²) in [7, 11) is 0. The van der Waals surface area contributed by atoms with Gasteiger partial charge in [0.05, 0.1) is 0 Å². The molecule has 0 bridgehead atoms. The molecule has 3 heterocycles. The summed E-state index contributed by atoms with van der Waals surface area (Å²) in [6.07, 6.45) is 3.37. The normalized spacial score (nSPS) is 26.4. The second-order valence-electron chi connectivity index (χ2n) is 6.12. The van der Waals surface area contributed by atoms with E-state index in [4.69, 9.17) is 0 Å². The maximum atomic E-state index is 12.4. The zero-order chi connectivity index (χ0) is 13.4. The minimum atomic E-state index is 0.154. The van der Waals surface area contributed by atoms with Crippen molar-refractivity contribution in [3.63, 3.8) is 0 Å². The molecule has 19 heavy (non-hydrogen) atoms. The Kier molecular flexibility index (Phi) is 3.27. The van der Waals surface area contributed by atoms with E-state index in [-0.39, 0.29) is 5.91 Å². The third-order valence-corrected chi connectivity index (χ3v) is 4.16. The first-order valence-corrected chi connectivity index (χ1v) is 7.08. The van der Waals surface area contributed by atoms with Gasteiger partial charge in [0, 0.05) is 56.1 Å². The van der Waals surface area contributed by atoms with Crippen LogP contribution in [-0.2, 0) is 0 Å². The van der Waals surface area contributed by atoms with Crippen molar-refractivity contribution in [1.29, 1.82) is 0 Å². The quantitative estimate of drug-likeness (QED) is 0.825. The summed E-state index contributed by atoms with van der Waals surface area (Å²) >= 11 is 0. The molecular weight excluding hydrogens is 238 g/mol. The zero-order valence-electron chi connectivity index (χ0n) is 11.6. The van der Waals surface area contributed by atoms with Crippen LogP contribution in [0.5, 0.6) is 0 Å². The molecule has 2 saturated heterocycles. The Hall–Kier alpha value is -1.42. The van der Waals surface area contributed by atoms with Gasteiger partial charge in [-0.3, -0.25) is 14.7 Å². The molecule has 2 atom stereocenters. The molecule has 0 unspecified atom stereocenters.